The SMILES string of the molecule is Cc1ccc(C2(O)CCCN(Cc3ccccc3)C2)cc1. The lowest BCUT2D eigenvalue weighted by atomic mass is 9.85. The molecule has 21 heavy (non-hydrogen) atoms. The summed E-state index contributed by atoms with van der Waals surface area (Å²) < 4.78 is 0. The van der Waals surface area contributed by atoms with Crippen molar-refractivity contribution >= 4 is 0 Å². The fourth-order valence-corrected chi connectivity index (χ4v) is 3.20. The Balaban J connectivity index is 1.74. The van der Waals surface area contributed by atoms with E-state index in [0.29, 0.717) is 6.54 Å². The number of aryl methyl sites for hydroxylation is 1. The lowest BCUT2D eigenvalue weighted by Gasteiger charge is -2.39. The van der Waals surface area contributed by atoms with Gasteiger partial charge >= 0.3 is 0 Å². The number of hydrogen-bond acceptors (Lipinski definition) is 2. The second-order valence-electron chi connectivity index (χ2n) is 6.20. The third kappa shape index (κ3) is 3.34. The Labute approximate surface area is 127 Å². The van der Waals surface area contributed by atoms with Crippen LogP contribution in [0.4, 0.5) is 0 Å². The quantitative estimate of drug-likeness (QED) is 0.931. The van der Waals surface area contributed by atoms with Crippen LogP contribution in [0.3, 0.4) is 0 Å². The lowest BCUT2D eigenvalue weighted by Crippen LogP contribution is -2.45. The molecule has 1 saturated heterocycles. The third-order valence-electron chi connectivity index (χ3n) is 4.39. The molecule has 0 amide bonds. The molecule has 1 aliphatic heterocycles. The molecule has 110 valence electrons. The van der Waals surface area contributed by atoms with Gasteiger partial charge in [0.25, 0.3) is 0 Å². The zero-order chi connectivity index (χ0) is 14.7. The number of piperidine rings is 1. The Hall–Kier alpha value is -1.64. The van der Waals surface area contributed by atoms with Crippen LogP contribution in [0.5, 0.6) is 0 Å². The van der Waals surface area contributed by atoms with Crippen LogP contribution in [0.1, 0.15) is 29.5 Å². The van der Waals surface area contributed by atoms with Crippen molar-refractivity contribution in [2.75, 3.05) is 13.1 Å². The Morgan fingerprint density at radius 1 is 1.05 bits per heavy atom. The van der Waals surface area contributed by atoms with Gasteiger partial charge in [-0.15, -0.1) is 0 Å². The van der Waals surface area contributed by atoms with Crippen molar-refractivity contribution in [3.05, 3.63) is 71.3 Å². The number of hydrogen-bond donors (Lipinski definition) is 1. The maximum absolute atomic E-state index is 11.0. The number of β-amino-alcohol motifs (C(OH)–C–C–N with tert-alkyl or cyclic N) is 1. The molecule has 0 saturated carbocycles. The average Bonchev–Trinajstić information content (AvgIpc) is 2.49. The number of likely N-dealkylation sites (tertiary alicyclic amines) is 1. The summed E-state index contributed by atoms with van der Waals surface area (Å²) in [6.07, 6.45) is 1.89. The predicted molar refractivity (Wildman–Crippen MR) is 86.0 cm³/mol. The molecule has 1 atom stereocenters. The minimum absolute atomic E-state index is 0.708. The van der Waals surface area contributed by atoms with Crippen molar-refractivity contribution in [3.63, 3.8) is 0 Å². The Bertz CT molecular complexity index is 578. The average molecular weight is 281 g/mol. The topological polar surface area (TPSA) is 23.5 Å². The Morgan fingerprint density at radius 3 is 2.48 bits per heavy atom. The van der Waals surface area contributed by atoms with Crippen LogP contribution in [-0.4, -0.2) is 23.1 Å². The highest BCUT2D eigenvalue weighted by molar-refractivity contribution is 5.27. The summed E-state index contributed by atoms with van der Waals surface area (Å²) >= 11 is 0. The molecule has 1 aliphatic rings. The van der Waals surface area contributed by atoms with E-state index in [-0.39, 0.29) is 0 Å². The van der Waals surface area contributed by atoms with Gasteiger partial charge in [-0.1, -0.05) is 60.2 Å². The molecule has 2 aromatic rings. The van der Waals surface area contributed by atoms with E-state index in [1.807, 2.05) is 6.07 Å². The normalized spacial score (nSPS) is 23.1. The molecule has 3 rings (SSSR count). The molecule has 0 radical (unpaired) electrons. The van der Waals surface area contributed by atoms with Crippen LogP contribution in [0.2, 0.25) is 0 Å². The van der Waals surface area contributed by atoms with Crippen molar-refractivity contribution < 1.29 is 5.11 Å². The number of aliphatic hydroxyl groups is 1. The van der Waals surface area contributed by atoms with E-state index >= 15 is 0 Å². The summed E-state index contributed by atoms with van der Waals surface area (Å²) in [5.74, 6) is 0. The molecule has 0 aromatic heterocycles. The van der Waals surface area contributed by atoms with Crippen LogP contribution in [0.25, 0.3) is 0 Å². The van der Waals surface area contributed by atoms with Crippen molar-refractivity contribution in [1.29, 1.82) is 0 Å². The minimum Gasteiger partial charge on any atom is -0.384 e. The van der Waals surface area contributed by atoms with E-state index in [9.17, 15) is 5.11 Å². The summed E-state index contributed by atoms with van der Waals surface area (Å²) in [5.41, 5.74) is 2.89. The molecule has 1 unspecified atom stereocenters. The zero-order valence-corrected chi connectivity index (χ0v) is 12.6. The Kier molecular flexibility index (Phi) is 4.09. The van der Waals surface area contributed by atoms with Gasteiger partial charge in [0, 0.05) is 13.1 Å². The molecule has 2 aromatic carbocycles. The van der Waals surface area contributed by atoms with Crippen LogP contribution in [-0.2, 0) is 12.1 Å². The highest BCUT2D eigenvalue weighted by Gasteiger charge is 2.34. The molecule has 1 N–H and O–H groups in total. The van der Waals surface area contributed by atoms with Gasteiger partial charge in [-0.25, -0.2) is 0 Å². The molecular weight excluding hydrogens is 258 g/mol. The highest BCUT2D eigenvalue weighted by Crippen LogP contribution is 2.32. The molecule has 0 spiro atoms. The summed E-state index contributed by atoms with van der Waals surface area (Å²) in [7, 11) is 0. The molecule has 1 heterocycles. The Morgan fingerprint density at radius 2 is 1.76 bits per heavy atom. The van der Waals surface area contributed by atoms with E-state index in [1.165, 1.54) is 11.1 Å². The number of benzene rings is 2. The number of rotatable bonds is 3. The summed E-state index contributed by atoms with van der Waals surface area (Å²) in [6, 6.07) is 18.8. The highest BCUT2D eigenvalue weighted by atomic mass is 16.3. The van der Waals surface area contributed by atoms with E-state index in [2.05, 4.69) is 60.4 Å². The van der Waals surface area contributed by atoms with Crippen molar-refractivity contribution in [1.82, 2.24) is 4.90 Å². The fraction of sp³-hybridized carbons (Fsp3) is 0.368. The monoisotopic (exact) mass is 281 g/mol. The van der Waals surface area contributed by atoms with Crippen molar-refractivity contribution in [3.8, 4) is 0 Å². The largest absolute Gasteiger partial charge is 0.384 e. The first-order chi connectivity index (χ1) is 10.2. The first-order valence-corrected chi connectivity index (χ1v) is 7.72. The third-order valence-corrected chi connectivity index (χ3v) is 4.39. The van der Waals surface area contributed by atoms with Crippen molar-refractivity contribution in [2.45, 2.75) is 31.9 Å². The van der Waals surface area contributed by atoms with Crippen LogP contribution >= 0.6 is 0 Å². The fourth-order valence-electron chi connectivity index (χ4n) is 3.20. The van der Waals surface area contributed by atoms with Crippen LogP contribution < -0.4 is 0 Å². The predicted octanol–water partition coefficient (Wildman–Crippen LogP) is 3.48. The van der Waals surface area contributed by atoms with E-state index in [1.54, 1.807) is 0 Å². The summed E-state index contributed by atoms with van der Waals surface area (Å²) in [5, 5.41) is 11.0. The van der Waals surface area contributed by atoms with Gasteiger partial charge in [-0.05, 0) is 37.4 Å². The molecule has 0 bridgehead atoms. The smallest absolute Gasteiger partial charge is 0.102 e. The molecular formula is C19H23NO. The van der Waals surface area contributed by atoms with Gasteiger partial charge in [-0.2, -0.15) is 0 Å². The van der Waals surface area contributed by atoms with Gasteiger partial charge in [0.2, 0.25) is 0 Å². The summed E-state index contributed by atoms with van der Waals surface area (Å²) in [4.78, 5) is 2.36. The van der Waals surface area contributed by atoms with Crippen LogP contribution in [0.15, 0.2) is 54.6 Å². The minimum atomic E-state index is -0.708. The second kappa shape index (κ2) is 6.00. The maximum atomic E-state index is 11.0. The van der Waals surface area contributed by atoms with Crippen molar-refractivity contribution in [2.24, 2.45) is 0 Å². The zero-order valence-electron chi connectivity index (χ0n) is 12.6. The lowest BCUT2D eigenvalue weighted by molar-refractivity contribution is -0.0381. The number of nitrogens with zero attached hydrogens (tertiary/aromatic N) is 1. The molecule has 0 aliphatic carbocycles. The van der Waals surface area contributed by atoms with Gasteiger partial charge < -0.3 is 5.11 Å². The van der Waals surface area contributed by atoms with Gasteiger partial charge in [0.15, 0.2) is 0 Å². The first-order valence-electron chi connectivity index (χ1n) is 7.72. The van der Waals surface area contributed by atoms with Crippen LogP contribution in [0, 0.1) is 6.92 Å². The molecule has 1 fully saturated rings. The van der Waals surface area contributed by atoms with E-state index in [4.69, 9.17) is 0 Å². The molecule has 2 heteroatoms. The second-order valence-corrected chi connectivity index (χ2v) is 6.20. The standard InChI is InChI=1S/C19H23NO/c1-16-8-10-18(11-9-16)19(21)12-5-13-20(15-19)14-17-6-3-2-4-7-17/h2-4,6-11,21H,5,12-15H2,1H3. The maximum Gasteiger partial charge on any atom is 0.102 e. The van der Waals surface area contributed by atoms with E-state index < -0.39 is 5.60 Å². The first kappa shape index (κ1) is 14.3. The van der Waals surface area contributed by atoms with Gasteiger partial charge in [0.05, 0.1) is 0 Å². The van der Waals surface area contributed by atoms with Gasteiger partial charge in [-0.3, -0.25) is 4.90 Å². The van der Waals surface area contributed by atoms with E-state index in [0.717, 1.165) is 31.5 Å². The van der Waals surface area contributed by atoms with Gasteiger partial charge in [0.1, 0.15) is 5.60 Å². The summed E-state index contributed by atoms with van der Waals surface area (Å²) in [6.45, 7) is 4.76. The molecule has 2 nitrogen and oxygen atoms in total.